The van der Waals surface area contributed by atoms with Crippen LogP contribution in [-0.2, 0) is 19.1 Å². The molecule has 0 bridgehead atoms. The van der Waals surface area contributed by atoms with Gasteiger partial charge in [-0.2, -0.15) is 0 Å². The summed E-state index contributed by atoms with van der Waals surface area (Å²) in [7, 11) is 0. The zero-order valence-electron chi connectivity index (χ0n) is 16.6. The van der Waals surface area contributed by atoms with Gasteiger partial charge in [-0.15, -0.1) is 11.3 Å². The maximum atomic E-state index is 13.7. The van der Waals surface area contributed by atoms with Crippen molar-refractivity contribution in [1.29, 1.82) is 0 Å². The van der Waals surface area contributed by atoms with E-state index in [9.17, 15) is 14.4 Å². The smallest absolute Gasteiger partial charge is 0.332 e. The van der Waals surface area contributed by atoms with E-state index in [0.29, 0.717) is 18.8 Å². The fourth-order valence-corrected chi connectivity index (χ4v) is 4.70. The third-order valence-corrected chi connectivity index (χ3v) is 6.26. The second kappa shape index (κ2) is 8.49. The maximum Gasteiger partial charge on any atom is 0.332 e. The first-order chi connectivity index (χ1) is 14.5. The van der Waals surface area contributed by atoms with Crippen LogP contribution in [0.1, 0.15) is 36.0 Å². The normalized spacial score (nSPS) is 25.8. The molecule has 0 aliphatic carbocycles. The van der Waals surface area contributed by atoms with E-state index in [-0.39, 0.29) is 11.4 Å². The summed E-state index contributed by atoms with van der Waals surface area (Å²) < 4.78 is 11.3. The Labute approximate surface area is 178 Å². The first-order valence-electron chi connectivity index (χ1n) is 9.95. The number of Topliss-reactive ketones (excluding diaryl/α,β-unsaturated/α-hetero) is 1. The van der Waals surface area contributed by atoms with Crippen molar-refractivity contribution in [2.75, 3.05) is 13.1 Å². The quantitative estimate of drug-likeness (QED) is 0.536. The molecular formula is C22H22N2O5S. The van der Waals surface area contributed by atoms with Crippen LogP contribution in [0.4, 0.5) is 0 Å². The highest BCUT2D eigenvalue weighted by atomic mass is 32.1. The van der Waals surface area contributed by atoms with E-state index in [4.69, 9.17) is 9.47 Å². The zero-order valence-corrected chi connectivity index (χ0v) is 17.4. The minimum Gasteiger partial charge on any atom is -0.442 e. The van der Waals surface area contributed by atoms with Crippen LogP contribution in [0, 0.1) is 0 Å². The maximum absolute atomic E-state index is 13.7. The second-order valence-electron chi connectivity index (χ2n) is 7.26. The van der Waals surface area contributed by atoms with Crippen molar-refractivity contribution in [2.45, 2.75) is 38.0 Å². The number of rotatable bonds is 5. The molecule has 2 aromatic rings. The molecule has 1 aromatic heterocycles. The Hall–Kier alpha value is -2.84. The zero-order chi connectivity index (χ0) is 21.1. The van der Waals surface area contributed by atoms with Crippen LogP contribution in [0.25, 0.3) is 11.3 Å². The number of likely N-dealkylation sites (tertiary alicyclic amines) is 1. The number of ketones is 1. The van der Waals surface area contributed by atoms with Crippen LogP contribution >= 0.6 is 11.3 Å². The van der Waals surface area contributed by atoms with Crippen LogP contribution in [0.3, 0.4) is 0 Å². The summed E-state index contributed by atoms with van der Waals surface area (Å²) >= 11 is 1.19. The van der Waals surface area contributed by atoms with Crippen molar-refractivity contribution < 1.29 is 23.9 Å². The number of benzene rings is 1. The lowest BCUT2D eigenvalue weighted by atomic mass is 9.91. The molecule has 0 spiro atoms. The van der Waals surface area contributed by atoms with Gasteiger partial charge in [-0.05, 0) is 19.3 Å². The fraction of sp³-hybridized carbons (Fsp3) is 0.364. The highest BCUT2D eigenvalue weighted by Gasteiger charge is 2.54. The van der Waals surface area contributed by atoms with Crippen molar-refractivity contribution in [3.8, 4) is 11.3 Å². The first kappa shape index (κ1) is 20.4. The van der Waals surface area contributed by atoms with E-state index >= 15 is 0 Å². The Morgan fingerprint density at radius 3 is 2.57 bits per heavy atom. The van der Waals surface area contributed by atoms with Crippen LogP contribution in [0.5, 0.6) is 0 Å². The van der Waals surface area contributed by atoms with Gasteiger partial charge in [-0.25, -0.2) is 14.6 Å². The largest absolute Gasteiger partial charge is 0.442 e. The van der Waals surface area contributed by atoms with Gasteiger partial charge in [0.15, 0.2) is 5.01 Å². The van der Waals surface area contributed by atoms with E-state index in [1.54, 1.807) is 12.3 Å². The van der Waals surface area contributed by atoms with Gasteiger partial charge < -0.3 is 9.47 Å². The van der Waals surface area contributed by atoms with Crippen LogP contribution in [0.15, 0.2) is 47.9 Å². The lowest BCUT2D eigenvalue weighted by molar-refractivity contribution is -0.194. The summed E-state index contributed by atoms with van der Waals surface area (Å²) in [5, 5.41) is 2.02. The van der Waals surface area contributed by atoms with Crippen molar-refractivity contribution in [3.05, 3.63) is 52.9 Å². The Morgan fingerprint density at radius 1 is 1.17 bits per heavy atom. The fourth-order valence-electron chi connectivity index (χ4n) is 3.86. The Kier molecular flexibility index (Phi) is 5.78. The van der Waals surface area contributed by atoms with Gasteiger partial charge in [0, 0.05) is 36.2 Å². The third kappa shape index (κ3) is 3.80. The summed E-state index contributed by atoms with van der Waals surface area (Å²) in [6.07, 6.45) is 3.02. The second-order valence-corrected chi connectivity index (χ2v) is 8.12. The molecule has 1 saturated heterocycles. The molecule has 0 saturated carbocycles. The third-order valence-electron chi connectivity index (χ3n) is 5.41. The monoisotopic (exact) mass is 426 g/mol. The molecule has 7 nitrogen and oxygen atoms in total. The number of carbonyl (C=O) groups is 3. The number of cyclic esters (lactones) is 2. The first-order valence-corrected chi connectivity index (χ1v) is 10.8. The Balaban J connectivity index is 1.75. The molecule has 4 rings (SSSR count). The predicted octanol–water partition coefficient (Wildman–Crippen LogP) is 3.22. The molecule has 30 heavy (non-hydrogen) atoms. The Morgan fingerprint density at radius 2 is 1.87 bits per heavy atom. The average Bonchev–Trinajstić information content (AvgIpc) is 3.46. The van der Waals surface area contributed by atoms with Crippen LogP contribution in [0.2, 0.25) is 0 Å². The van der Waals surface area contributed by atoms with Gasteiger partial charge in [0.1, 0.15) is 0 Å². The molecule has 1 fully saturated rings. The number of esters is 2. The molecule has 156 valence electrons. The summed E-state index contributed by atoms with van der Waals surface area (Å²) in [4.78, 5) is 44.7. The summed E-state index contributed by atoms with van der Waals surface area (Å²) in [6, 6.07) is 9.53. The molecule has 0 amide bonds. The molecule has 3 heterocycles. The minimum absolute atomic E-state index is 0.153. The number of hydrogen-bond acceptors (Lipinski definition) is 8. The summed E-state index contributed by atoms with van der Waals surface area (Å²) in [5.41, 5.74) is -0.103. The van der Waals surface area contributed by atoms with E-state index in [0.717, 1.165) is 30.6 Å². The number of thiazole rings is 1. The molecule has 0 N–H and O–H groups in total. The molecule has 0 radical (unpaired) electrons. The number of nitrogens with zero attached hydrogens (tertiary/aromatic N) is 2. The SMILES string of the molecule is CCC1(C(=O)c2nc(-c3ccccc3)cs2)OC(=O)/C=C\C(=O)OC1N1CCCC1. The summed E-state index contributed by atoms with van der Waals surface area (Å²) in [6.45, 7) is 3.06. The standard InChI is InChI=1S/C22H22N2O5S/c1-2-22(19(27)20-23-16(14-30-20)15-8-4-3-5-9-15)21(24-12-6-7-13-24)28-17(25)10-11-18(26)29-22/h3-5,8-11,14,21H,2,6-7,12-13H2,1H3/b11-10-. The molecule has 8 heteroatoms. The van der Waals surface area contributed by atoms with E-state index in [2.05, 4.69) is 4.98 Å². The van der Waals surface area contributed by atoms with Gasteiger partial charge in [-0.1, -0.05) is 37.3 Å². The van der Waals surface area contributed by atoms with Crippen LogP contribution in [-0.4, -0.2) is 52.5 Å². The van der Waals surface area contributed by atoms with Crippen molar-refractivity contribution >= 4 is 29.1 Å². The van der Waals surface area contributed by atoms with Gasteiger partial charge in [0.25, 0.3) is 0 Å². The number of carbonyl (C=O) groups excluding carboxylic acids is 3. The molecular weight excluding hydrogens is 404 g/mol. The van der Waals surface area contributed by atoms with Crippen molar-refractivity contribution in [2.24, 2.45) is 0 Å². The molecule has 2 aliphatic heterocycles. The van der Waals surface area contributed by atoms with E-state index in [1.165, 1.54) is 11.3 Å². The molecule has 2 aliphatic rings. The lowest BCUT2D eigenvalue weighted by Gasteiger charge is -2.41. The van der Waals surface area contributed by atoms with E-state index in [1.807, 2.05) is 35.2 Å². The van der Waals surface area contributed by atoms with Crippen LogP contribution < -0.4 is 0 Å². The average molecular weight is 426 g/mol. The van der Waals surface area contributed by atoms with Gasteiger partial charge in [0.05, 0.1) is 5.69 Å². The number of hydrogen-bond donors (Lipinski definition) is 0. The highest BCUT2D eigenvalue weighted by molar-refractivity contribution is 7.12. The topological polar surface area (TPSA) is 85.8 Å². The summed E-state index contributed by atoms with van der Waals surface area (Å²) in [5.74, 6) is -1.87. The van der Waals surface area contributed by atoms with Gasteiger partial charge >= 0.3 is 11.9 Å². The Bertz CT molecular complexity index is 980. The van der Waals surface area contributed by atoms with Gasteiger partial charge in [-0.3, -0.25) is 9.69 Å². The van der Waals surface area contributed by atoms with Gasteiger partial charge in [0.2, 0.25) is 17.6 Å². The highest BCUT2D eigenvalue weighted by Crippen LogP contribution is 2.35. The molecule has 2 unspecified atom stereocenters. The van der Waals surface area contributed by atoms with Crippen molar-refractivity contribution in [1.82, 2.24) is 9.88 Å². The van der Waals surface area contributed by atoms with Crippen molar-refractivity contribution in [3.63, 3.8) is 0 Å². The predicted molar refractivity (Wildman–Crippen MR) is 111 cm³/mol. The molecule has 2 atom stereocenters. The van der Waals surface area contributed by atoms with E-state index < -0.39 is 29.6 Å². The number of ether oxygens (including phenoxy) is 2. The minimum atomic E-state index is -1.66. The lowest BCUT2D eigenvalue weighted by Crippen LogP contribution is -2.61. The number of aromatic nitrogens is 1. The molecule has 1 aromatic carbocycles.